The van der Waals surface area contributed by atoms with E-state index in [-0.39, 0.29) is 5.78 Å². The van der Waals surface area contributed by atoms with E-state index in [1.54, 1.807) is 6.92 Å². The summed E-state index contributed by atoms with van der Waals surface area (Å²) in [7, 11) is 0. The highest BCUT2D eigenvalue weighted by Crippen LogP contribution is 2.18. The van der Waals surface area contributed by atoms with Crippen molar-refractivity contribution in [2.24, 2.45) is 0 Å². The van der Waals surface area contributed by atoms with Gasteiger partial charge in [0.1, 0.15) is 0 Å². The molecule has 2 heteroatoms. The standard InChI is InChI=1S/C11H13BrO/c1-3-4-9-7-10(12)5-6-11(9)8(2)13/h5-7H,3-4H2,1-2H3. The molecule has 0 saturated carbocycles. The molecular weight excluding hydrogens is 228 g/mol. The SMILES string of the molecule is CCCc1cc(Br)ccc1C(C)=O. The predicted molar refractivity (Wildman–Crippen MR) is 58.1 cm³/mol. The molecule has 0 N–H and O–H groups in total. The first-order valence-electron chi connectivity index (χ1n) is 4.44. The van der Waals surface area contributed by atoms with Gasteiger partial charge in [-0.25, -0.2) is 0 Å². The van der Waals surface area contributed by atoms with Crippen molar-refractivity contribution in [1.82, 2.24) is 0 Å². The second-order valence-corrected chi connectivity index (χ2v) is 4.02. The van der Waals surface area contributed by atoms with Crippen LogP contribution in [0.3, 0.4) is 0 Å². The van der Waals surface area contributed by atoms with Gasteiger partial charge in [-0.3, -0.25) is 4.79 Å². The zero-order valence-electron chi connectivity index (χ0n) is 7.93. The van der Waals surface area contributed by atoms with E-state index in [9.17, 15) is 4.79 Å². The zero-order valence-corrected chi connectivity index (χ0v) is 9.52. The van der Waals surface area contributed by atoms with Gasteiger partial charge >= 0.3 is 0 Å². The van der Waals surface area contributed by atoms with E-state index in [2.05, 4.69) is 22.9 Å². The minimum absolute atomic E-state index is 0.149. The van der Waals surface area contributed by atoms with E-state index in [1.807, 2.05) is 18.2 Å². The fourth-order valence-corrected chi connectivity index (χ4v) is 1.79. The highest BCUT2D eigenvalue weighted by atomic mass is 79.9. The molecule has 0 radical (unpaired) electrons. The van der Waals surface area contributed by atoms with Crippen LogP contribution in [0.2, 0.25) is 0 Å². The smallest absolute Gasteiger partial charge is 0.160 e. The molecule has 0 amide bonds. The summed E-state index contributed by atoms with van der Waals surface area (Å²) in [6.07, 6.45) is 2.03. The normalized spacial score (nSPS) is 10.1. The van der Waals surface area contributed by atoms with Crippen molar-refractivity contribution in [1.29, 1.82) is 0 Å². The number of carbonyl (C=O) groups is 1. The Bertz CT molecular complexity index is 318. The van der Waals surface area contributed by atoms with Gasteiger partial charge in [0, 0.05) is 10.0 Å². The second-order valence-electron chi connectivity index (χ2n) is 3.11. The van der Waals surface area contributed by atoms with Gasteiger partial charge in [-0.05, 0) is 31.0 Å². The average molecular weight is 241 g/mol. The maximum atomic E-state index is 11.2. The number of Topliss-reactive ketones (excluding diaryl/α,β-unsaturated/α-hetero) is 1. The van der Waals surface area contributed by atoms with Crippen LogP contribution in [0.15, 0.2) is 22.7 Å². The molecule has 0 unspecified atom stereocenters. The summed E-state index contributed by atoms with van der Waals surface area (Å²) in [5, 5.41) is 0. The van der Waals surface area contributed by atoms with Gasteiger partial charge < -0.3 is 0 Å². The Morgan fingerprint density at radius 2 is 2.15 bits per heavy atom. The largest absolute Gasteiger partial charge is 0.295 e. The predicted octanol–water partition coefficient (Wildman–Crippen LogP) is 3.60. The fourth-order valence-electron chi connectivity index (χ4n) is 1.38. The minimum Gasteiger partial charge on any atom is -0.295 e. The van der Waals surface area contributed by atoms with Gasteiger partial charge in [-0.15, -0.1) is 0 Å². The number of rotatable bonds is 3. The molecule has 1 aromatic rings. The lowest BCUT2D eigenvalue weighted by molar-refractivity contribution is 0.101. The highest BCUT2D eigenvalue weighted by Gasteiger charge is 2.06. The summed E-state index contributed by atoms with van der Waals surface area (Å²) in [6.45, 7) is 3.73. The fraction of sp³-hybridized carbons (Fsp3) is 0.364. The first-order chi connectivity index (χ1) is 6.15. The van der Waals surface area contributed by atoms with Crippen LogP contribution < -0.4 is 0 Å². The molecule has 13 heavy (non-hydrogen) atoms. The molecule has 0 aliphatic rings. The third-order valence-electron chi connectivity index (χ3n) is 1.97. The molecular formula is C11H13BrO. The Labute approximate surface area is 87.3 Å². The number of hydrogen-bond donors (Lipinski definition) is 0. The van der Waals surface area contributed by atoms with Gasteiger partial charge in [0.15, 0.2) is 5.78 Å². The van der Waals surface area contributed by atoms with E-state index < -0.39 is 0 Å². The first-order valence-corrected chi connectivity index (χ1v) is 5.23. The van der Waals surface area contributed by atoms with E-state index in [4.69, 9.17) is 0 Å². The van der Waals surface area contributed by atoms with E-state index in [0.717, 1.165) is 28.4 Å². The van der Waals surface area contributed by atoms with Gasteiger partial charge in [0.25, 0.3) is 0 Å². The van der Waals surface area contributed by atoms with Crippen LogP contribution >= 0.6 is 15.9 Å². The van der Waals surface area contributed by atoms with Crippen LogP contribution in [0.5, 0.6) is 0 Å². The molecule has 0 saturated heterocycles. The third-order valence-corrected chi connectivity index (χ3v) is 2.46. The number of aryl methyl sites for hydroxylation is 1. The molecule has 1 aromatic carbocycles. The van der Waals surface area contributed by atoms with Crippen LogP contribution in [-0.2, 0) is 6.42 Å². The zero-order chi connectivity index (χ0) is 9.84. The molecule has 1 nitrogen and oxygen atoms in total. The topological polar surface area (TPSA) is 17.1 Å². The summed E-state index contributed by atoms with van der Waals surface area (Å²) < 4.78 is 1.04. The van der Waals surface area contributed by atoms with Crippen molar-refractivity contribution in [3.05, 3.63) is 33.8 Å². The second kappa shape index (κ2) is 4.56. The van der Waals surface area contributed by atoms with Crippen molar-refractivity contribution in [3.63, 3.8) is 0 Å². The van der Waals surface area contributed by atoms with Gasteiger partial charge in [-0.1, -0.05) is 35.3 Å². The number of halogens is 1. The number of hydrogen-bond acceptors (Lipinski definition) is 1. The molecule has 0 spiro atoms. The monoisotopic (exact) mass is 240 g/mol. The maximum absolute atomic E-state index is 11.2. The Balaban J connectivity index is 3.10. The lowest BCUT2D eigenvalue weighted by Crippen LogP contribution is -1.99. The van der Waals surface area contributed by atoms with Crippen LogP contribution in [0.25, 0.3) is 0 Å². The lowest BCUT2D eigenvalue weighted by atomic mass is 10.0. The Hall–Kier alpha value is -0.630. The molecule has 0 fully saturated rings. The molecule has 0 aliphatic carbocycles. The van der Waals surface area contributed by atoms with Crippen molar-refractivity contribution in [2.75, 3.05) is 0 Å². The van der Waals surface area contributed by atoms with E-state index >= 15 is 0 Å². The van der Waals surface area contributed by atoms with Crippen LogP contribution in [0, 0.1) is 0 Å². The quantitative estimate of drug-likeness (QED) is 0.739. The summed E-state index contributed by atoms with van der Waals surface area (Å²) in [4.78, 5) is 11.2. The van der Waals surface area contributed by atoms with Crippen molar-refractivity contribution >= 4 is 21.7 Å². The summed E-state index contributed by atoms with van der Waals surface area (Å²) >= 11 is 3.40. The van der Waals surface area contributed by atoms with Gasteiger partial charge in [0.2, 0.25) is 0 Å². The molecule has 1 rings (SSSR count). The Kier molecular flexibility index (Phi) is 3.67. The number of ketones is 1. The molecule has 0 aromatic heterocycles. The molecule has 0 aliphatic heterocycles. The maximum Gasteiger partial charge on any atom is 0.160 e. The molecule has 0 atom stereocenters. The van der Waals surface area contributed by atoms with Crippen molar-refractivity contribution in [2.45, 2.75) is 26.7 Å². The van der Waals surface area contributed by atoms with Gasteiger partial charge in [0.05, 0.1) is 0 Å². The van der Waals surface area contributed by atoms with Crippen molar-refractivity contribution in [3.8, 4) is 0 Å². The number of carbonyl (C=O) groups excluding carboxylic acids is 1. The molecule has 0 bridgehead atoms. The summed E-state index contributed by atoms with van der Waals surface area (Å²) in [6, 6.07) is 5.83. The summed E-state index contributed by atoms with van der Waals surface area (Å²) in [5.74, 6) is 0.149. The average Bonchev–Trinajstić information content (AvgIpc) is 2.04. The van der Waals surface area contributed by atoms with E-state index in [1.165, 1.54) is 0 Å². The third kappa shape index (κ3) is 2.66. The molecule has 0 heterocycles. The van der Waals surface area contributed by atoms with E-state index in [0.29, 0.717) is 0 Å². The highest BCUT2D eigenvalue weighted by molar-refractivity contribution is 9.10. The summed E-state index contributed by atoms with van der Waals surface area (Å²) in [5.41, 5.74) is 1.99. The Morgan fingerprint density at radius 3 is 2.69 bits per heavy atom. The van der Waals surface area contributed by atoms with Gasteiger partial charge in [-0.2, -0.15) is 0 Å². The minimum atomic E-state index is 0.149. The van der Waals surface area contributed by atoms with Crippen LogP contribution in [0.4, 0.5) is 0 Å². The van der Waals surface area contributed by atoms with Crippen LogP contribution in [-0.4, -0.2) is 5.78 Å². The lowest BCUT2D eigenvalue weighted by Gasteiger charge is -2.05. The van der Waals surface area contributed by atoms with Crippen LogP contribution in [0.1, 0.15) is 36.2 Å². The van der Waals surface area contributed by atoms with Crippen molar-refractivity contribution < 1.29 is 4.79 Å². The molecule has 70 valence electrons. The Morgan fingerprint density at radius 1 is 1.46 bits per heavy atom. The number of benzene rings is 1. The first kappa shape index (κ1) is 10.5.